The van der Waals surface area contributed by atoms with Crippen LogP contribution in [0.25, 0.3) is 0 Å². The van der Waals surface area contributed by atoms with Crippen LogP contribution in [-0.2, 0) is 6.42 Å². The summed E-state index contributed by atoms with van der Waals surface area (Å²) in [6, 6.07) is 9.65. The first-order valence-electron chi connectivity index (χ1n) is 9.25. The molecule has 1 saturated heterocycles. The van der Waals surface area contributed by atoms with Crippen molar-refractivity contribution in [2.45, 2.75) is 13.3 Å². The van der Waals surface area contributed by atoms with Gasteiger partial charge in [-0.1, -0.05) is 12.1 Å². The third-order valence-electron chi connectivity index (χ3n) is 4.74. The first kappa shape index (κ1) is 19.1. The topological polar surface area (TPSA) is 70.6 Å². The SMILES string of the molecule is COc1ccc(CCNC(=O)c2cc(N3CCN(C)CC3)nc(C)n2)cc1. The Hall–Kier alpha value is -2.67. The molecule has 1 N–H and O–H groups in total. The summed E-state index contributed by atoms with van der Waals surface area (Å²) in [4.78, 5) is 25.9. The lowest BCUT2D eigenvalue weighted by Gasteiger charge is -2.33. The highest BCUT2D eigenvalue weighted by Gasteiger charge is 2.18. The summed E-state index contributed by atoms with van der Waals surface area (Å²) in [6.45, 7) is 6.18. The van der Waals surface area contributed by atoms with Gasteiger partial charge in [-0.05, 0) is 38.1 Å². The van der Waals surface area contributed by atoms with Crippen LogP contribution in [0.1, 0.15) is 21.9 Å². The third-order valence-corrected chi connectivity index (χ3v) is 4.74. The molecule has 0 atom stereocenters. The molecule has 1 aliphatic heterocycles. The number of benzene rings is 1. The summed E-state index contributed by atoms with van der Waals surface area (Å²) in [5, 5.41) is 2.95. The van der Waals surface area contributed by atoms with E-state index in [0.29, 0.717) is 18.1 Å². The van der Waals surface area contributed by atoms with Crippen LogP contribution in [0, 0.1) is 6.92 Å². The molecule has 1 aromatic heterocycles. The molecule has 2 aromatic rings. The molecule has 0 saturated carbocycles. The lowest BCUT2D eigenvalue weighted by Crippen LogP contribution is -2.45. The number of carbonyl (C=O) groups is 1. The summed E-state index contributed by atoms with van der Waals surface area (Å²) in [7, 11) is 3.76. The van der Waals surface area contributed by atoms with E-state index in [4.69, 9.17) is 4.74 Å². The molecule has 144 valence electrons. The van der Waals surface area contributed by atoms with Crippen molar-refractivity contribution in [3.63, 3.8) is 0 Å². The quantitative estimate of drug-likeness (QED) is 0.833. The van der Waals surface area contributed by atoms with Gasteiger partial charge in [-0.3, -0.25) is 4.79 Å². The van der Waals surface area contributed by atoms with E-state index < -0.39 is 0 Å². The summed E-state index contributed by atoms with van der Waals surface area (Å²) in [6.07, 6.45) is 0.755. The second-order valence-corrected chi connectivity index (χ2v) is 6.80. The van der Waals surface area contributed by atoms with Gasteiger partial charge in [0.1, 0.15) is 23.1 Å². The Balaban J connectivity index is 1.58. The Morgan fingerprint density at radius 3 is 2.52 bits per heavy atom. The van der Waals surface area contributed by atoms with E-state index in [1.807, 2.05) is 31.2 Å². The van der Waals surface area contributed by atoms with Crippen LogP contribution in [0.15, 0.2) is 30.3 Å². The molecule has 1 aliphatic rings. The molecule has 0 aliphatic carbocycles. The number of piperazine rings is 1. The maximum absolute atomic E-state index is 12.5. The van der Waals surface area contributed by atoms with Crippen molar-refractivity contribution in [3.8, 4) is 5.75 Å². The number of nitrogens with zero attached hydrogens (tertiary/aromatic N) is 4. The number of likely N-dealkylation sites (N-methyl/N-ethyl adjacent to an activating group) is 1. The number of anilines is 1. The number of carbonyl (C=O) groups excluding carboxylic acids is 1. The third kappa shape index (κ3) is 5.17. The second-order valence-electron chi connectivity index (χ2n) is 6.80. The highest BCUT2D eigenvalue weighted by Crippen LogP contribution is 2.15. The van der Waals surface area contributed by atoms with Gasteiger partial charge >= 0.3 is 0 Å². The van der Waals surface area contributed by atoms with Crippen molar-refractivity contribution in [1.82, 2.24) is 20.2 Å². The standard InChI is InChI=1S/C20H27N5O2/c1-15-22-18(14-19(23-15)25-12-10-24(2)11-13-25)20(26)21-9-8-16-4-6-17(27-3)7-5-16/h4-7,14H,8-13H2,1-3H3,(H,21,26). The molecular weight excluding hydrogens is 342 g/mol. The molecular formula is C20H27N5O2. The van der Waals surface area contributed by atoms with Crippen molar-refractivity contribution in [2.24, 2.45) is 0 Å². The number of ether oxygens (including phenoxy) is 1. The summed E-state index contributed by atoms with van der Waals surface area (Å²) >= 11 is 0. The van der Waals surface area contributed by atoms with Gasteiger partial charge in [-0.2, -0.15) is 0 Å². The fourth-order valence-electron chi connectivity index (χ4n) is 3.07. The fourth-order valence-corrected chi connectivity index (χ4v) is 3.07. The normalized spacial score (nSPS) is 14.9. The minimum atomic E-state index is -0.163. The number of aromatic nitrogens is 2. The van der Waals surface area contributed by atoms with Crippen LogP contribution in [-0.4, -0.2) is 67.7 Å². The average molecular weight is 369 g/mol. The molecule has 1 amide bonds. The minimum absolute atomic E-state index is 0.163. The average Bonchev–Trinajstić information content (AvgIpc) is 2.68. The molecule has 0 unspecified atom stereocenters. The molecule has 0 bridgehead atoms. The zero-order valence-corrected chi connectivity index (χ0v) is 16.2. The molecule has 3 rings (SSSR count). The van der Waals surface area contributed by atoms with E-state index in [9.17, 15) is 4.79 Å². The van der Waals surface area contributed by atoms with Gasteiger partial charge < -0.3 is 19.9 Å². The van der Waals surface area contributed by atoms with E-state index in [1.165, 1.54) is 0 Å². The molecule has 0 spiro atoms. The molecule has 0 radical (unpaired) electrons. The van der Waals surface area contributed by atoms with Gasteiger partial charge in [0.2, 0.25) is 0 Å². The number of amides is 1. The largest absolute Gasteiger partial charge is 0.497 e. The second kappa shape index (κ2) is 8.81. The van der Waals surface area contributed by atoms with Crippen LogP contribution in [0.4, 0.5) is 5.82 Å². The van der Waals surface area contributed by atoms with Gasteiger partial charge in [0.25, 0.3) is 5.91 Å². The lowest BCUT2D eigenvalue weighted by atomic mass is 10.1. The summed E-state index contributed by atoms with van der Waals surface area (Å²) < 4.78 is 5.16. The fraction of sp³-hybridized carbons (Fsp3) is 0.450. The Labute approximate surface area is 160 Å². The maximum Gasteiger partial charge on any atom is 0.270 e. The lowest BCUT2D eigenvalue weighted by molar-refractivity contribution is 0.0948. The molecule has 7 heteroatoms. The number of rotatable bonds is 6. The van der Waals surface area contributed by atoms with Crippen molar-refractivity contribution >= 4 is 11.7 Å². The molecule has 1 fully saturated rings. The summed E-state index contributed by atoms with van der Waals surface area (Å²) in [5.41, 5.74) is 1.57. The van der Waals surface area contributed by atoms with Crippen molar-refractivity contribution < 1.29 is 9.53 Å². The van der Waals surface area contributed by atoms with Crippen molar-refractivity contribution in [1.29, 1.82) is 0 Å². The maximum atomic E-state index is 12.5. The van der Waals surface area contributed by atoms with E-state index in [-0.39, 0.29) is 5.91 Å². The zero-order valence-electron chi connectivity index (χ0n) is 16.2. The first-order valence-corrected chi connectivity index (χ1v) is 9.25. The smallest absolute Gasteiger partial charge is 0.270 e. The Kier molecular flexibility index (Phi) is 6.24. The highest BCUT2D eigenvalue weighted by atomic mass is 16.5. The predicted octanol–water partition coefficient (Wildman–Crippen LogP) is 1.52. The molecule has 2 heterocycles. The Morgan fingerprint density at radius 1 is 1.15 bits per heavy atom. The predicted molar refractivity (Wildman–Crippen MR) is 106 cm³/mol. The van der Waals surface area contributed by atoms with Crippen LogP contribution >= 0.6 is 0 Å². The Morgan fingerprint density at radius 2 is 1.85 bits per heavy atom. The molecule has 7 nitrogen and oxygen atoms in total. The van der Waals surface area contributed by atoms with Crippen LogP contribution in [0.2, 0.25) is 0 Å². The number of aryl methyl sites for hydroxylation is 1. The number of nitrogens with one attached hydrogen (secondary N) is 1. The minimum Gasteiger partial charge on any atom is -0.497 e. The van der Waals surface area contributed by atoms with Gasteiger partial charge in [0.05, 0.1) is 7.11 Å². The molecule has 27 heavy (non-hydrogen) atoms. The van der Waals surface area contributed by atoms with Crippen LogP contribution in [0.5, 0.6) is 5.75 Å². The van der Waals surface area contributed by atoms with Gasteiger partial charge in [0, 0.05) is 38.8 Å². The van der Waals surface area contributed by atoms with E-state index in [1.54, 1.807) is 13.2 Å². The van der Waals surface area contributed by atoms with Crippen LogP contribution < -0.4 is 15.0 Å². The number of hydrogen-bond acceptors (Lipinski definition) is 6. The first-order chi connectivity index (χ1) is 13.0. The van der Waals surface area contributed by atoms with Crippen LogP contribution in [0.3, 0.4) is 0 Å². The van der Waals surface area contributed by atoms with Crippen molar-refractivity contribution in [2.75, 3.05) is 51.8 Å². The zero-order chi connectivity index (χ0) is 19.2. The van der Waals surface area contributed by atoms with Crippen molar-refractivity contribution in [3.05, 3.63) is 47.4 Å². The molecule has 1 aromatic carbocycles. The monoisotopic (exact) mass is 369 g/mol. The van der Waals surface area contributed by atoms with Gasteiger partial charge in [-0.15, -0.1) is 0 Å². The number of hydrogen-bond donors (Lipinski definition) is 1. The van der Waals surface area contributed by atoms with E-state index in [2.05, 4.69) is 32.1 Å². The number of methoxy groups -OCH3 is 1. The van der Waals surface area contributed by atoms with E-state index >= 15 is 0 Å². The van der Waals surface area contributed by atoms with Gasteiger partial charge in [-0.25, -0.2) is 9.97 Å². The Bertz CT molecular complexity index is 770. The van der Waals surface area contributed by atoms with E-state index in [0.717, 1.165) is 49.7 Å². The highest BCUT2D eigenvalue weighted by molar-refractivity contribution is 5.92. The summed E-state index contributed by atoms with van der Waals surface area (Å²) in [5.74, 6) is 2.11. The van der Waals surface area contributed by atoms with Gasteiger partial charge in [0.15, 0.2) is 0 Å².